The highest BCUT2D eigenvalue weighted by Gasteiger charge is 2.27. The molecule has 2 aromatic carbocycles. The molecule has 0 radical (unpaired) electrons. The van der Waals surface area contributed by atoms with E-state index in [1.54, 1.807) is 0 Å². The van der Waals surface area contributed by atoms with Crippen molar-refractivity contribution in [2.75, 3.05) is 11.9 Å². The van der Waals surface area contributed by atoms with Crippen molar-refractivity contribution in [1.82, 2.24) is 0 Å². The van der Waals surface area contributed by atoms with E-state index in [9.17, 15) is 9.59 Å². The van der Waals surface area contributed by atoms with Gasteiger partial charge in [-0.15, -0.1) is 0 Å². The summed E-state index contributed by atoms with van der Waals surface area (Å²) in [4.78, 5) is 24.8. The third-order valence-corrected chi connectivity index (χ3v) is 4.63. The maximum Gasteiger partial charge on any atom is 0.314 e. The van der Waals surface area contributed by atoms with Gasteiger partial charge in [-0.2, -0.15) is 0 Å². The Morgan fingerprint density at radius 2 is 1.77 bits per heavy atom. The standard InChI is InChI=1S/C22H27NO3/c1-5-16(3)21(18-9-7-6-8-10-18)22(25)26-14-20(24)23-19-12-11-15(2)13-17(19)4/h6-13,16,21H,5,14H2,1-4H3,(H,23,24)/t16-,21-/m1/s1. The summed E-state index contributed by atoms with van der Waals surface area (Å²) < 4.78 is 5.33. The number of carbonyl (C=O) groups excluding carboxylic acids is 2. The summed E-state index contributed by atoms with van der Waals surface area (Å²) in [6.07, 6.45) is 0.851. The van der Waals surface area contributed by atoms with E-state index in [-0.39, 0.29) is 30.3 Å². The fraction of sp³-hybridized carbons (Fsp3) is 0.364. The molecule has 26 heavy (non-hydrogen) atoms. The molecule has 0 unspecified atom stereocenters. The second-order valence-corrected chi connectivity index (χ2v) is 6.75. The number of ether oxygens (including phenoxy) is 1. The molecule has 0 saturated carbocycles. The van der Waals surface area contributed by atoms with Gasteiger partial charge in [-0.25, -0.2) is 0 Å². The minimum atomic E-state index is -0.366. The summed E-state index contributed by atoms with van der Waals surface area (Å²) in [5.74, 6) is -0.926. The van der Waals surface area contributed by atoms with Crippen molar-refractivity contribution in [2.24, 2.45) is 5.92 Å². The van der Waals surface area contributed by atoms with Crippen LogP contribution in [0, 0.1) is 19.8 Å². The van der Waals surface area contributed by atoms with Crippen LogP contribution in [0.4, 0.5) is 5.69 Å². The lowest BCUT2D eigenvalue weighted by Gasteiger charge is -2.21. The summed E-state index contributed by atoms with van der Waals surface area (Å²) in [6, 6.07) is 15.4. The van der Waals surface area contributed by atoms with Crippen LogP contribution < -0.4 is 5.32 Å². The lowest BCUT2D eigenvalue weighted by molar-refractivity contribution is -0.150. The van der Waals surface area contributed by atoms with E-state index >= 15 is 0 Å². The molecule has 4 nitrogen and oxygen atoms in total. The van der Waals surface area contributed by atoms with Gasteiger partial charge in [0.05, 0.1) is 5.92 Å². The highest BCUT2D eigenvalue weighted by atomic mass is 16.5. The number of aryl methyl sites for hydroxylation is 2. The first-order chi connectivity index (χ1) is 12.4. The van der Waals surface area contributed by atoms with Crippen LogP contribution in [0.2, 0.25) is 0 Å². The molecule has 1 N–H and O–H groups in total. The average Bonchev–Trinajstić information content (AvgIpc) is 2.63. The van der Waals surface area contributed by atoms with Crippen molar-refractivity contribution in [3.63, 3.8) is 0 Å². The van der Waals surface area contributed by atoms with Crippen LogP contribution in [0.3, 0.4) is 0 Å². The Labute approximate surface area is 155 Å². The molecular formula is C22H27NO3. The number of anilines is 1. The Kier molecular flexibility index (Phi) is 6.96. The van der Waals surface area contributed by atoms with Crippen LogP contribution in [0.25, 0.3) is 0 Å². The number of nitrogens with one attached hydrogen (secondary N) is 1. The second kappa shape index (κ2) is 9.18. The van der Waals surface area contributed by atoms with Gasteiger partial charge in [0, 0.05) is 5.69 Å². The van der Waals surface area contributed by atoms with E-state index in [0.717, 1.165) is 28.8 Å². The Morgan fingerprint density at radius 1 is 1.08 bits per heavy atom. The van der Waals surface area contributed by atoms with Crippen LogP contribution in [0.15, 0.2) is 48.5 Å². The van der Waals surface area contributed by atoms with Gasteiger partial charge in [-0.1, -0.05) is 68.3 Å². The third-order valence-electron chi connectivity index (χ3n) is 4.63. The van der Waals surface area contributed by atoms with Crippen molar-refractivity contribution in [1.29, 1.82) is 0 Å². The van der Waals surface area contributed by atoms with Crippen LogP contribution in [0.5, 0.6) is 0 Å². The van der Waals surface area contributed by atoms with Gasteiger partial charge in [0.25, 0.3) is 5.91 Å². The lowest BCUT2D eigenvalue weighted by atomic mass is 9.86. The quantitative estimate of drug-likeness (QED) is 0.739. The van der Waals surface area contributed by atoms with E-state index in [1.165, 1.54) is 0 Å². The highest BCUT2D eigenvalue weighted by Crippen LogP contribution is 2.28. The lowest BCUT2D eigenvalue weighted by Crippen LogP contribution is -2.27. The molecule has 1 amide bonds. The number of carbonyl (C=O) groups is 2. The second-order valence-electron chi connectivity index (χ2n) is 6.75. The topological polar surface area (TPSA) is 55.4 Å². The predicted molar refractivity (Wildman–Crippen MR) is 104 cm³/mol. The van der Waals surface area contributed by atoms with Gasteiger partial charge in [0.1, 0.15) is 0 Å². The van der Waals surface area contributed by atoms with Gasteiger partial charge >= 0.3 is 5.97 Å². The van der Waals surface area contributed by atoms with Crippen LogP contribution in [0.1, 0.15) is 42.9 Å². The maximum absolute atomic E-state index is 12.6. The first-order valence-corrected chi connectivity index (χ1v) is 9.01. The summed E-state index contributed by atoms with van der Waals surface area (Å²) in [7, 11) is 0. The van der Waals surface area contributed by atoms with Crippen molar-refractivity contribution < 1.29 is 14.3 Å². The van der Waals surface area contributed by atoms with Gasteiger partial charge in [-0.3, -0.25) is 9.59 Å². The van der Waals surface area contributed by atoms with E-state index in [2.05, 4.69) is 5.32 Å². The summed E-state index contributed by atoms with van der Waals surface area (Å²) in [6.45, 7) is 7.71. The van der Waals surface area contributed by atoms with Gasteiger partial charge in [0.2, 0.25) is 0 Å². The van der Waals surface area contributed by atoms with E-state index < -0.39 is 0 Å². The molecule has 0 aliphatic carbocycles. The molecule has 0 heterocycles. The molecule has 2 atom stereocenters. The predicted octanol–water partition coefficient (Wildman–Crippen LogP) is 4.62. The molecule has 138 valence electrons. The number of hydrogen-bond acceptors (Lipinski definition) is 3. The molecule has 2 aromatic rings. The zero-order valence-electron chi connectivity index (χ0n) is 15.9. The number of amides is 1. The van der Waals surface area contributed by atoms with Crippen molar-refractivity contribution in [3.05, 3.63) is 65.2 Å². The summed E-state index contributed by atoms with van der Waals surface area (Å²) in [5, 5.41) is 2.80. The molecular weight excluding hydrogens is 326 g/mol. The minimum absolute atomic E-state index is 0.132. The summed E-state index contributed by atoms with van der Waals surface area (Å²) >= 11 is 0. The number of esters is 1. The van der Waals surface area contributed by atoms with E-state index in [4.69, 9.17) is 4.74 Å². The van der Waals surface area contributed by atoms with Gasteiger partial charge in [-0.05, 0) is 37.0 Å². The first-order valence-electron chi connectivity index (χ1n) is 9.01. The molecule has 2 rings (SSSR count). The Balaban J connectivity index is 1.99. The highest BCUT2D eigenvalue weighted by molar-refractivity contribution is 5.94. The maximum atomic E-state index is 12.6. The van der Waals surface area contributed by atoms with Crippen LogP contribution >= 0.6 is 0 Å². The van der Waals surface area contributed by atoms with Crippen molar-refractivity contribution >= 4 is 17.6 Å². The Hall–Kier alpha value is -2.62. The minimum Gasteiger partial charge on any atom is -0.455 e. The molecule has 0 fully saturated rings. The molecule has 0 spiro atoms. The summed E-state index contributed by atoms with van der Waals surface area (Å²) in [5.41, 5.74) is 3.76. The van der Waals surface area contributed by atoms with Crippen LogP contribution in [-0.2, 0) is 14.3 Å². The zero-order chi connectivity index (χ0) is 19.1. The van der Waals surface area contributed by atoms with Crippen molar-refractivity contribution in [3.8, 4) is 0 Å². The fourth-order valence-electron chi connectivity index (χ4n) is 2.96. The number of hydrogen-bond donors (Lipinski definition) is 1. The Bertz CT molecular complexity index is 755. The van der Waals surface area contributed by atoms with E-state index in [1.807, 2.05) is 76.2 Å². The van der Waals surface area contributed by atoms with Crippen molar-refractivity contribution in [2.45, 2.75) is 40.0 Å². The van der Waals surface area contributed by atoms with Crippen LogP contribution in [-0.4, -0.2) is 18.5 Å². The van der Waals surface area contributed by atoms with Gasteiger partial charge < -0.3 is 10.1 Å². The average molecular weight is 353 g/mol. The molecule has 0 bridgehead atoms. The largest absolute Gasteiger partial charge is 0.455 e. The molecule has 0 aliphatic heterocycles. The first kappa shape index (κ1) is 19.7. The normalized spacial score (nSPS) is 12.9. The fourth-order valence-corrected chi connectivity index (χ4v) is 2.96. The zero-order valence-corrected chi connectivity index (χ0v) is 15.9. The number of benzene rings is 2. The molecule has 0 aromatic heterocycles. The smallest absolute Gasteiger partial charge is 0.314 e. The Morgan fingerprint density at radius 3 is 2.38 bits per heavy atom. The SMILES string of the molecule is CC[C@@H](C)[C@@H](C(=O)OCC(=O)Nc1ccc(C)cc1C)c1ccccc1. The van der Waals surface area contributed by atoms with Gasteiger partial charge in [0.15, 0.2) is 6.61 Å². The third kappa shape index (κ3) is 5.19. The molecule has 4 heteroatoms. The number of rotatable bonds is 7. The molecule has 0 saturated heterocycles. The monoisotopic (exact) mass is 353 g/mol. The van der Waals surface area contributed by atoms with E-state index in [0.29, 0.717) is 0 Å². The molecule has 0 aliphatic rings.